The van der Waals surface area contributed by atoms with Gasteiger partial charge in [0.1, 0.15) is 12.1 Å². The Morgan fingerprint density at radius 1 is 1.37 bits per heavy atom. The summed E-state index contributed by atoms with van der Waals surface area (Å²) in [6.45, 7) is 5.13. The number of aromatic nitrogens is 1. The van der Waals surface area contributed by atoms with Crippen LogP contribution in [0.2, 0.25) is 0 Å². The number of pyridine rings is 1. The number of hydrogen-bond acceptors (Lipinski definition) is 3. The summed E-state index contributed by atoms with van der Waals surface area (Å²) in [5, 5.41) is 8.81. The predicted molar refractivity (Wildman–Crippen MR) is 70.4 cm³/mol. The first-order chi connectivity index (χ1) is 8.86. The monoisotopic (exact) mass is 266 g/mol. The molecule has 0 saturated carbocycles. The smallest absolute Gasteiger partial charge is 0.323 e. The van der Waals surface area contributed by atoms with Crippen LogP contribution in [-0.2, 0) is 4.79 Å². The van der Waals surface area contributed by atoms with Crippen LogP contribution in [0.3, 0.4) is 0 Å². The summed E-state index contributed by atoms with van der Waals surface area (Å²) in [5.74, 6) is -1.63. The summed E-state index contributed by atoms with van der Waals surface area (Å²) in [7, 11) is 0. The van der Waals surface area contributed by atoms with Crippen LogP contribution in [0.15, 0.2) is 10.9 Å². The molecule has 1 amide bonds. The molecule has 0 atom stereocenters. The highest BCUT2D eigenvalue weighted by molar-refractivity contribution is 5.96. The van der Waals surface area contributed by atoms with Crippen LogP contribution in [0.4, 0.5) is 0 Å². The molecule has 0 unspecified atom stereocenters. The van der Waals surface area contributed by atoms with E-state index in [0.29, 0.717) is 24.2 Å². The Morgan fingerprint density at radius 3 is 2.47 bits per heavy atom. The topological polar surface area (TPSA) is 90.5 Å². The fraction of sp³-hybridized carbons (Fsp3) is 0.462. The van der Waals surface area contributed by atoms with E-state index in [0.717, 1.165) is 0 Å². The van der Waals surface area contributed by atoms with E-state index in [1.54, 1.807) is 19.9 Å². The number of hydrogen-bond donors (Lipinski definition) is 2. The van der Waals surface area contributed by atoms with E-state index in [1.165, 1.54) is 4.90 Å². The fourth-order valence-corrected chi connectivity index (χ4v) is 1.96. The van der Waals surface area contributed by atoms with Crippen LogP contribution < -0.4 is 5.56 Å². The van der Waals surface area contributed by atoms with Gasteiger partial charge in [-0.2, -0.15) is 0 Å². The molecule has 6 nitrogen and oxygen atoms in total. The summed E-state index contributed by atoms with van der Waals surface area (Å²) in [6.07, 6.45) is 0.627. The largest absolute Gasteiger partial charge is 0.480 e. The number of carboxylic acids is 1. The number of carbonyl (C=O) groups is 2. The number of aromatic amines is 1. The lowest BCUT2D eigenvalue weighted by Crippen LogP contribution is -2.39. The molecule has 2 N–H and O–H groups in total. The summed E-state index contributed by atoms with van der Waals surface area (Å²) >= 11 is 0. The zero-order chi connectivity index (χ0) is 14.6. The van der Waals surface area contributed by atoms with Gasteiger partial charge in [0.15, 0.2) is 0 Å². The maximum atomic E-state index is 12.3. The standard InChI is InChI=1S/C13H18N2O4/c1-4-5-15(7-10(16)17)13(19)11-8(2)6-9(3)14-12(11)18/h6H,4-5,7H2,1-3H3,(H,14,18)(H,16,17). The van der Waals surface area contributed by atoms with Gasteiger partial charge in [-0.3, -0.25) is 14.4 Å². The van der Waals surface area contributed by atoms with Crippen molar-refractivity contribution in [3.8, 4) is 0 Å². The average molecular weight is 266 g/mol. The molecule has 0 radical (unpaired) electrons. The molecule has 0 aliphatic carbocycles. The summed E-state index contributed by atoms with van der Waals surface area (Å²) in [5.41, 5.74) is 0.756. The van der Waals surface area contributed by atoms with Crippen LogP contribution >= 0.6 is 0 Å². The van der Waals surface area contributed by atoms with Crippen molar-refractivity contribution in [2.45, 2.75) is 27.2 Å². The molecule has 104 valence electrons. The number of rotatable bonds is 5. The van der Waals surface area contributed by atoms with Crippen molar-refractivity contribution >= 4 is 11.9 Å². The lowest BCUT2D eigenvalue weighted by atomic mass is 10.1. The quantitative estimate of drug-likeness (QED) is 0.829. The van der Waals surface area contributed by atoms with Gasteiger partial charge in [0, 0.05) is 12.2 Å². The van der Waals surface area contributed by atoms with Crippen molar-refractivity contribution in [3.05, 3.63) is 33.2 Å². The Labute approximate surface area is 111 Å². The zero-order valence-electron chi connectivity index (χ0n) is 11.3. The third-order valence-corrected chi connectivity index (χ3v) is 2.69. The van der Waals surface area contributed by atoms with Crippen molar-refractivity contribution in [2.24, 2.45) is 0 Å². The van der Waals surface area contributed by atoms with E-state index in [9.17, 15) is 14.4 Å². The lowest BCUT2D eigenvalue weighted by Gasteiger charge is -2.20. The molecule has 0 aromatic carbocycles. The first-order valence-corrected chi connectivity index (χ1v) is 6.08. The van der Waals surface area contributed by atoms with Gasteiger partial charge in [0.05, 0.1) is 0 Å². The molecular weight excluding hydrogens is 248 g/mol. The molecule has 0 fully saturated rings. The van der Waals surface area contributed by atoms with Crippen LogP contribution in [0, 0.1) is 13.8 Å². The van der Waals surface area contributed by atoms with Gasteiger partial charge in [-0.15, -0.1) is 0 Å². The number of amides is 1. The van der Waals surface area contributed by atoms with Gasteiger partial charge in [-0.1, -0.05) is 6.92 Å². The third-order valence-electron chi connectivity index (χ3n) is 2.69. The van der Waals surface area contributed by atoms with Crippen LogP contribution in [0.1, 0.15) is 35.0 Å². The Kier molecular flexibility index (Phi) is 4.86. The number of nitrogens with zero attached hydrogens (tertiary/aromatic N) is 1. The first-order valence-electron chi connectivity index (χ1n) is 6.08. The zero-order valence-corrected chi connectivity index (χ0v) is 11.3. The second kappa shape index (κ2) is 6.17. The fourth-order valence-electron chi connectivity index (χ4n) is 1.96. The number of aliphatic carboxylic acids is 1. The molecule has 19 heavy (non-hydrogen) atoms. The van der Waals surface area contributed by atoms with Crippen LogP contribution in [0.5, 0.6) is 0 Å². The third kappa shape index (κ3) is 3.67. The van der Waals surface area contributed by atoms with Crippen molar-refractivity contribution in [3.63, 3.8) is 0 Å². The molecule has 0 saturated heterocycles. The molecule has 1 heterocycles. The van der Waals surface area contributed by atoms with Gasteiger partial charge >= 0.3 is 5.97 Å². The normalized spacial score (nSPS) is 10.3. The highest BCUT2D eigenvalue weighted by Crippen LogP contribution is 2.08. The summed E-state index contributed by atoms with van der Waals surface area (Å²) < 4.78 is 0. The van der Waals surface area contributed by atoms with Crippen LogP contribution in [-0.4, -0.2) is 40.0 Å². The van der Waals surface area contributed by atoms with Gasteiger partial charge in [-0.05, 0) is 31.9 Å². The van der Waals surface area contributed by atoms with Crippen molar-refractivity contribution < 1.29 is 14.7 Å². The van der Waals surface area contributed by atoms with Gasteiger partial charge in [0.25, 0.3) is 11.5 Å². The van der Waals surface area contributed by atoms with Gasteiger partial charge in [0.2, 0.25) is 0 Å². The molecule has 0 aliphatic rings. The molecule has 6 heteroatoms. The van der Waals surface area contributed by atoms with E-state index in [-0.39, 0.29) is 5.56 Å². The van der Waals surface area contributed by atoms with E-state index >= 15 is 0 Å². The molecule has 0 bridgehead atoms. The van der Waals surface area contributed by atoms with E-state index in [2.05, 4.69) is 4.98 Å². The number of nitrogens with one attached hydrogen (secondary N) is 1. The molecule has 0 aliphatic heterocycles. The Balaban J connectivity index is 3.16. The van der Waals surface area contributed by atoms with Gasteiger partial charge in [-0.25, -0.2) is 0 Å². The van der Waals surface area contributed by atoms with E-state index < -0.39 is 24.0 Å². The Bertz CT molecular complexity index is 548. The second-order valence-corrected chi connectivity index (χ2v) is 4.46. The minimum Gasteiger partial charge on any atom is -0.480 e. The lowest BCUT2D eigenvalue weighted by molar-refractivity contribution is -0.137. The predicted octanol–water partition coefficient (Wildman–Crippen LogP) is 0.929. The number of aryl methyl sites for hydroxylation is 2. The number of carboxylic acid groups (broad SMARTS) is 1. The molecule has 1 aromatic heterocycles. The molecular formula is C13H18N2O4. The SMILES string of the molecule is CCCN(CC(=O)O)C(=O)c1c(C)cc(C)[nH]c1=O. The van der Waals surface area contributed by atoms with E-state index in [1.807, 2.05) is 6.92 Å². The molecule has 1 aromatic rings. The van der Waals surface area contributed by atoms with Gasteiger partial charge < -0.3 is 15.0 Å². The highest BCUT2D eigenvalue weighted by Gasteiger charge is 2.22. The number of H-pyrrole nitrogens is 1. The van der Waals surface area contributed by atoms with Crippen molar-refractivity contribution in [1.29, 1.82) is 0 Å². The minimum absolute atomic E-state index is 0.0142. The Hall–Kier alpha value is -2.11. The van der Waals surface area contributed by atoms with Crippen LogP contribution in [0.25, 0.3) is 0 Å². The highest BCUT2D eigenvalue weighted by atomic mass is 16.4. The van der Waals surface area contributed by atoms with Crippen molar-refractivity contribution in [2.75, 3.05) is 13.1 Å². The second-order valence-electron chi connectivity index (χ2n) is 4.46. The van der Waals surface area contributed by atoms with Crippen molar-refractivity contribution in [1.82, 2.24) is 9.88 Å². The maximum Gasteiger partial charge on any atom is 0.323 e. The molecule has 0 spiro atoms. The average Bonchev–Trinajstić information content (AvgIpc) is 2.26. The maximum absolute atomic E-state index is 12.3. The summed E-state index contributed by atoms with van der Waals surface area (Å²) in [4.78, 5) is 38.6. The Morgan fingerprint density at radius 2 is 2.00 bits per heavy atom. The number of carbonyl (C=O) groups excluding carboxylic acids is 1. The van der Waals surface area contributed by atoms with E-state index in [4.69, 9.17) is 5.11 Å². The minimum atomic E-state index is -1.09. The first kappa shape index (κ1) is 14.9. The molecule has 1 rings (SSSR count). The summed E-state index contributed by atoms with van der Waals surface area (Å²) in [6, 6.07) is 1.69.